The van der Waals surface area contributed by atoms with E-state index in [1.807, 2.05) is 0 Å². The largest absolute Gasteiger partial charge is 0.354 e. The van der Waals surface area contributed by atoms with Gasteiger partial charge in [0.05, 0.1) is 5.56 Å². The van der Waals surface area contributed by atoms with Crippen LogP contribution in [0.1, 0.15) is 55.3 Å². The van der Waals surface area contributed by atoms with E-state index in [4.69, 9.17) is 5.73 Å². The Labute approximate surface area is 170 Å². The number of hydrogen-bond donors (Lipinski definition) is 2. The zero-order valence-electron chi connectivity index (χ0n) is 15.8. The van der Waals surface area contributed by atoms with Crippen molar-refractivity contribution >= 4 is 24.2 Å². The number of halogens is 3. The van der Waals surface area contributed by atoms with Crippen LogP contribution in [0, 0.1) is 17.6 Å². The Hall–Kier alpha value is -1.73. The van der Waals surface area contributed by atoms with Gasteiger partial charge in [0.2, 0.25) is 5.91 Å². The standard InChI is InChI=1S/C20H27F2N3O2.ClH/c21-14-7-8-15(16(22)12-14)20(27)25-17-6-2-1-5-13(17)11-18(25)19(26)24-10-4-3-9-23;/h7-8,12-13,17-18H,1-6,9-11,23H2,(H,24,26);1H. The zero-order valence-corrected chi connectivity index (χ0v) is 16.6. The second-order valence-electron chi connectivity index (χ2n) is 7.49. The van der Waals surface area contributed by atoms with Gasteiger partial charge in [-0.15, -0.1) is 12.4 Å². The summed E-state index contributed by atoms with van der Waals surface area (Å²) in [7, 11) is 0. The van der Waals surface area contributed by atoms with E-state index >= 15 is 0 Å². The van der Waals surface area contributed by atoms with Gasteiger partial charge in [-0.1, -0.05) is 12.8 Å². The van der Waals surface area contributed by atoms with Gasteiger partial charge < -0.3 is 16.0 Å². The highest BCUT2D eigenvalue weighted by molar-refractivity contribution is 5.98. The molecule has 3 unspecified atom stereocenters. The minimum atomic E-state index is -0.888. The summed E-state index contributed by atoms with van der Waals surface area (Å²) in [6.45, 7) is 1.08. The first-order valence-corrected chi connectivity index (χ1v) is 9.78. The highest BCUT2D eigenvalue weighted by atomic mass is 35.5. The number of fused-ring (bicyclic) bond motifs is 1. The van der Waals surface area contributed by atoms with Gasteiger partial charge in [0.15, 0.2) is 0 Å². The number of nitrogens with two attached hydrogens (primary N) is 1. The molecule has 2 fully saturated rings. The van der Waals surface area contributed by atoms with E-state index < -0.39 is 23.6 Å². The molecule has 3 rings (SSSR count). The monoisotopic (exact) mass is 415 g/mol. The van der Waals surface area contributed by atoms with Crippen LogP contribution in [0.4, 0.5) is 8.78 Å². The maximum atomic E-state index is 14.2. The number of nitrogens with one attached hydrogen (secondary N) is 1. The first kappa shape index (κ1) is 22.6. The molecule has 1 saturated carbocycles. The summed E-state index contributed by atoms with van der Waals surface area (Å²) < 4.78 is 27.4. The molecule has 3 atom stereocenters. The fourth-order valence-electron chi connectivity index (χ4n) is 4.39. The molecular weight excluding hydrogens is 388 g/mol. The van der Waals surface area contributed by atoms with Crippen molar-refractivity contribution in [3.05, 3.63) is 35.4 Å². The Kier molecular flexibility index (Phi) is 8.19. The van der Waals surface area contributed by atoms with Gasteiger partial charge in [0, 0.05) is 18.7 Å². The summed E-state index contributed by atoms with van der Waals surface area (Å²) in [5.74, 6) is -2.08. The summed E-state index contributed by atoms with van der Waals surface area (Å²) in [4.78, 5) is 27.4. The Bertz CT molecular complexity index is 704. The predicted octanol–water partition coefficient (Wildman–Crippen LogP) is 3.02. The highest BCUT2D eigenvalue weighted by Crippen LogP contribution is 2.40. The fourth-order valence-corrected chi connectivity index (χ4v) is 4.39. The molecule has 1 aromatic rings. The second kappa shape index (κ2) is 10.2. The van der Waals surface area contributed by atoms with Crippen LogP contribution >= 0.6 is 12.4 Å². The second-order valence-corrected chi connectivity index (χ2v) is 7.49. The Morgan fingerprint density at radius 2 is 1.93 bits per heavy atom. The van der Waals surface area contributed by atoms with Gasteiger partial charge in [-0.3, -0.25) is 9.59 Å². The molecule has 2 amide bonds. The van der Waals surface area contributed by atoms with Crippen molar-refractivity contribution in [3.8, 4) is 0 Å². The lowest BCUT2D eigenvalue weighted by Gasteiger charge is -2.33. The van der Waals surface area contributed by atoms with E-state index in [1.54, 1.807) is 4.90 Å². The molecule has 5 nitrogen and oxygen atoms in total. The Morgan fingerprint density at radius 1 is 1.18 bits per heavy atom. The molecule has 0 bridgehead atoms. The summed E-state index contributed by atoms with van der Waals surface area (Å²) in [6, 6.07) is 2.29. The number of unbranched alkanes of at least 4 members (excludes halogenated alkanes) is 1. The average molecular weight is 416 g/mol. The molecule has 3 N–H and O–H groups in total. The highest BCUT2D eigenvalue weighted by Gasteiger charge is 2.47. The van der Waals surface area contributed by atoms with E-state index in [0.717, 1.165) is 44.6 Å². The van der Waals surface area contributed by atoms with Crippen LogP contribution in [0.5, 0.6) is 0 Å². The molecule has 156 valence electrons. The topological polar surface area (TPSA) is 75.4 Å². The molecule has 1 heterocycles. The molecule has 1 aliphatic carbocycles. The van der Waals surface area contributed by atoms with E-state index in [0.29, 0.717) is 25.6 Å². The van der Waals surface area contributed by atoms with Gasteiger partial charge in [-0.2, -0.15) is 0 Å². The number of carbonyl (C=O) groups is 2. The van der Waals surface area contributed by atoms with Crippen molar-refractivity contribution in [1.82, 2.24) is 10.2 Å². The molecule has 0 aromatic heterocycles. The lowest BCUT2D eigenvalue weighted by molar-refractivity contribution is -0.125. The number of likely N-dealkylation sites (tertiary alicyclic amines) is 1. The molecular formula is C20H28ClF2N3O2. The number of benzene rings is 1. The number of amides is 2. The molecule has 1 aliphatic heterocycles. The van der Waals surface area contributed by atoms with E-state index in [1.165, 1.54) is 6.07 Å². The van der Waals surface area contributed by atoms with Crippen molar-refractivity contribution in [2.24, 2.45) is 11.7 Å². The van der Waals surface area contributed by atoms with Crippen molar-refractivity contribution in [1.29, 1.82) is 0 Å². The van der Waals surface area contributed by atoms with E-state index in [-0.39, 0.29) is 35.8 Å². The third-order valence-electron chi connectivity index (χ3n) is 5.72. The Morgan fingerprint density at radius 3 is 2.64 bits per heavy atom. The van der Waals surface area contributed by atoms with E-state index in [9.17, 15) is 18.4 Å². The van der Waals surface area contributed by atoms with Gasteiger partial charge in [-0.25, -0.2) is 8.78 Å². The normalized spacial score (nSPS) is 23.7. The quantitative estimate of drug-likeness (QED) is 0.701. The summed E-state index contributed by atoms with van der Waals surface area (Å²) in [5.41, 5.74) is 5.29. The summed E-state index contributed by atoms with van der Waals surface area (Å²) in [6.07, 6.45) is 6.05. The van der Waals surface area contributed by atoms with Gasteiger partial charge in [0.25, 0.3) is 5.91 Å². The molecule has 1 saturated heterocycles. The van der Waals surface area contributed by atoms with Crippen molar-refractivity contribution in [3.63, 3.8) is 0 Å². The molecule has 28 heavy (non-hydrogen) atoms. The van der Waals surface area contributed by atoms with Crippen molar-refractivity contribution < 1.29 is 18.4 Å². The number of hydrogen-bond acceptors (Lipinski definition) is 3. The SMILES string of the molecule is Cl.NCCCCNC(=O)C1CC2CCCCC2N1C(=O)c1ccc(F)cc1F. The molecule has 8 heteroatoms. The minimum absolute atomic E-state index is 0. The summed E-state index contributed by atoms with van der Waals surface area (Å²) >= 11 is 0. The third kappa shape index (κ3) is 4.81. The van der Waals surface area contributed by atoms with Crippen LogP contribution in [0.2, 0.25) is 0 Å². The fraction of sp³-hybridized carbons (Fsp3) is 0.600. The number of carbonyl (C=O) groups excluding carboxylic acids is 2. The number of rotatable bonds is 6. The third-order valence-corrected chi connectivity index (χ3v) is 5.72. The summed E-state index contributed by atoms with van der Waals surface area (Å²) in [5, 5.41) is 2.89. The van der Waals surface area contributed by atoms with Crippen molar-refractivity contribution in [2.45, 2.75) is 57.0 Å². The Balaban J connectivity index is 0.00000280. The van der Waals surface area contributed by atoms with Crippen LogP contribution in [0.15, 0.2) is 18.2 Å². The van der Waals surface area contributed by atoms with Gasteiger partial charge >= 0.3 is 0 Å². The molecule has 0 radical (unpaired) electrons. The zero-order chi connectivity index (χ0) is 19.4. The lowest BCUT2D eigenvalue weighted by atomic mass is 9.84. The van der Waals surface area contributed by atoms with Crippen LogP contribution in [0.3, 0.4) is 0 Å². The first-order valence-electron chi connectivity index (χ1n) is 9.78. The van der Waals surface area contributed by atoms with Crippen LogP contribution in [0.25, 0.3) is 0 Å². The number of nitrogens with zero attached hydrogens (tertiary/aromatic N) is 1. The van der Waals surface area contributed by atoms with E-state index in [2.05, 4.69) is 5.32 Å². The molecule has 1 aromatic carbocycles. The maximum absolute atomic E-state index is 14.2. The van der Waals surface area contributed by atoms with Crippen LogP contribution < -0.4 is 11.1 Å². The van der Waals surface area contributed by atoms with Gasteiger partial charge in [-0.05, 0) is 56.7 Å². The van der Waals surface area contributed by atoms with Gasteiger partial charge in [0.1, 0.15) is 17.7 Å². The maximum Gasteiger partial charge on any atom is 0.257 e. The van der Waals surface area contributed by atoms with Crippen LogP contribution in [-0.4, -0.2) is 41.9 Å². The lowest BCUT2D eigenvalue weighted by Crippen LogP contribution is -2.50. The molecule has 0 spiro atoms. The van der Waals surface area contributed by atoms with Crippen LogP contribution in [-0.2, 0) is 4.79 Å². The average Bonchev–Trinajstić information content (AvgIpc) is 3.04. The molecule has 2 aliphatic rings. The van der Waals surface area contributed by atoms with Crippen molar-refractivity contribution in [2.75, 3.05) is 13.1 Å². The predicted molar refractivity (Wildman–Crippen MR) is 105 cm³/mol. The smallest absolute Gasteiger partial charge is 0.257 e. The first-order chi connectivity index (χ1) is 13.0. The minimum Gasteiger partial charge on any atom is -0.354 e.